The maximum atomic E-state index is 12.4. The van der Waals surface area contributed by atoms with Gasteiger partial charge in [-0.3, -0.25) is 4.79 Å². The van der Waals surface area contributed by atoms with Crippen LogP contribution in [0.25, 0.3) is 0 Å². The van der Waals surface area contributed by atoms with E-state index in [1.807, 2.05) is 6.92 Å². The minimum absolute atomic E-state index is 0.0465. The second-order valence-corrected chi connectivity index (χ2v) is 6.84. The van der Waals surface area contributed by atoms with E-state index in [1.54, 1.807) is 0 Å². The van der Waals surface area contributed by atoms with Crippen molar-refractivity contribution in [3.63, 3.8) is 0 Å². The van der Waals surface area contributed by atoms with Crippen molar-refractivity contribution in [2.24, 2.45) is 5.92 Å². The van der Waals surface area contributed by atoms with Crippen molar-refractivity contribution in [1.29, 1.82) is 0 Å². The van der Waals surface area contributed by atoms with Gasteiger partial charge in [0.25, 0.3) is 5.97 Å². The summed E-state index contributed by atoms with van der Waals surface area (Å²) in [5.74, 6) is -0.224. The van der Waals surface area contributed by atoms with E-state index in [1.165, 1.54) is 25.7 Å². The fourth-order valence-electron chi connectivity index (χ4n) is 2.66. The number of hydrogen-bond donors (Lipinski definition) is 0. The Hall–Kier alpha value is -0.545. The average molecular weight is 356 g/mol. The van der Waals surface area contributed by atoms with E-state index in [0.29, 0.717) is 13.2 Å². The highest BCUT2D eigenvalue weighted by atomic mass is 16.7. The lowest BCUT2D eigenvalue weighted by molar-refractivity contribution is -0.143. The summed E-state index contributed by atoms with van der Waals surface area (Å²) < 4.78 is 16.9. The SMILES string of the molecule is CCCCCCO[B-](OCCCCCC)OC(=O)C(CC)CCCC. The van der Waals surface area contributed by atoms with Crippen LogP contribution in [0.1, 0.15) is 105 Å². The summed E-state index contributed by atoms with van der Waals surface area (Å²) >= 11 is 0. The Labute approximate surface area is 156 Å². The van der Waals surface area contributed by atoms with Gasteiger partial charge in [-0.05, 0) is 25.7 Å². The molecule has 0 amide bonds. The summed E-state index contributed by atoms with van der Waals surface area (Å²) in [6.07, 6.45) is 12.9. The Kier molecular flexibility index (Phi) is 17.9. The molecule has 0 saturated carbocycles. The highest BCUT2D eigenvalue weighted by Crippen LogP contribution is 2.15. The third kappa shape index (κ3) is 14.3. The highest BCUT2D eigenvalue weighted by Gasteiger charge is 2.18. The fourth-order valence-corrected chi connectivity index (χ4v) is 2.66. The van der Waals surface area contributed by atoms with Crippen molar-refractivity contribution in [3.05, 3.63) is 0 Å². The molecule has 0 aromatic rings. The van der Waals surface area contributed by atoms with Crippen molar-refractivity contribution in [2.45, 2.75) is 105 Å². The standard InChI is InChI=1S/C20H41BO4/c1-5-9-12-14-17-23-21(24-18-15-13-10-6-2)25-20(22)19(8-4)16-11-7-3/h19H,5-18H2,1-4H3/q-1. The fraction of sp³-hybridized carbons (Fsp3) is 0.950. The minimum Gasteiger partial charge on any atom is -0.663 e. The zero-order valence-corrected chi connectivity index (χ0v) is 17.2. The van der Waals surface area contributed by atoms with E-state index in [9.17, 15) is 4.79 Å². The normalized spacial score (nSPS) is 12.5. The molecule has 0 aliphatic rings. The summed E-state index contributed by atoms with van der Waals surface area (Å²) in [7, 11) is -0.841. The lowest BCUT2D eigenvalue weighted by atomic mass is 9.99. The van der Waals surface area contributed by atoms with Crippen LogP contribution in [0.2, 0.25) is 0 Å². The van der Waals surface area contributed by atoms with Gasteiger partial charge in [0.05, 0.1) is 5.92 Å². The lowest BCUT2D eigenvalue weighted by Crippen LogP contribution is -2.33. The number of carbonyl (C=O) groups excluding carboxylic acids is 1. The van der Waals surface area contributed by atoms with Gasteiger partial charge >= 0.3 is 7.32 Å². The molecule has 0 aliphatic carbocycles. The first-order valence-electron chi connectivity index (χ1n) is 10.6. The Bertz CT molecular complexity index is 285. The molecule has 0 N–H and O–H groups in total. The topological polar surface area (TPSA) is 44.8 Å². The quantitative estimate of drug-likeness (QED) is 0.226. The maximum Gasteiger partial charge on any atom is 0.377 e. The predicted molar refractivity (Wildman–Crippen MR) is 105 cm³/mol. The molecule has 1 atom stereocenters. The van der Waals surface area contributed by atoms with Crippen LogP contribution in [-0.2, 0) is 18.8 Å². The summed E-state index contributed by atoms with van der Waals surface area (Å²) in [5, 5.41) is 0. The molecule has 0 saturated heterocycles. The molecule has 1 radical (unpaired) electrons. The zero-order chi connectivity index (χ0) is 18.8. The first-order chi connectivity index (χ1) is 12.2. The molecule has 1 unspecified atom stereocenters. The molecule has 25 heavy (non-hydrogen) atoms. The first kappa shape index (κ1) is 24.5. The van der Waals surface area contributed by atoms with Gasteiger partial charge < -0.3 is 14.0 Å². The molecule has 0 fully saturated rings. The summed E-state index contributed by atoms with van der Waals surface area (Å²) in [5.41, 5.74) is 0. The summed E-state index contributed by atoms with van der Waals surface area (Å²) in [6.45, 7) is 9.71. The van der Waals surface area contributed by atoms with Crippen LogP contribution < -0.4 is 0 Å². The Morgan fingerprint density at radius 2 is 1.28 bits per heavy atom. The Morgan fingerprint density at radius 1 is 0.760 bits per heavy atom. The van der Waals surface area contributed by atoms with Gasteiger partial charge in [-0.2, -0.15) is 0 Å². The monoisotopic (exact) mass is 356 g/mol. The summed E-state index contributed by atoms with van der Waals surface area (Å²) in [4.78, 5) is 12.4. The third-order valence-electron chi connectivity index (χ3n) is 4.45. The average Bonchev–Trinajstić information content (AvgIpc) is 2.61. The zero-order valence-electron chi connectivity index (χ0n) is 17.2. The van der Waals surface area contributed by atoms with Crippen LogP contribution in [0.5, 0.6) is 0 Å². The number of hydrogen-bond acceptors (Lipinski definition) is 4. The summed E-state index contributed by atoms with van der Waals surface area (Å²) in [6, 6.07) is 0. The van der Waals surface area contributed by atoms with E-state index < -0.39 is 7.32 Å². The van der Waals surface area contributed by atoms with Gasteiger partial charge in [0.2, 0.25) is 0 Å². The Balaban J connectivity index is 4.29. The van der Waals surface area contributed by atoms with Crippen LogP contribution in [0.15, 0.2) is 0 Å². The van der Waals surface area contributed by atoms with Crippen molar-refractivity contribution < 1.29 is 18.8 Å². The second-order valence-electron chi connectivity index (χ2n) is 6.84. The number of unbranched alkanes of at least 4 members (excludes halogenated alkanes) is 7. The number of carbonyl (C=O) groups is 1. The van der Waals surface area contributed by atoms with Crippen molar-refractivity contribution in [3.8, 4) is 0 Å². The molecule has 0 aromatic heterocycles. The molecule has 0 rings (SSSR count). The van der Waals surface area contributed by atoms with E-state index >= 15 is 0 Å². The van der Waals surface area contributed by atoms with E-state index in [0.717, 1.165) is 51.4 Å². The van der Waals surface area contributed by atoms with Gasteiger partial charge in [0.15, 0.2) is 0 Å². The molecule has 0 bridgehead atoms. The van der Waals surface area contributed by atoms with E-state index in [-0.39, 0.29) is 11.9 Å². The second kappa shape index (κ2) is 18.3. The minimum atomic E-state index is -0.841. The molecular weight excluding hydrogens is 315 g/mol. The van der Waals surface area contributed by atoms with Crippen molar-refractivity contribution in [2.75, 3.05) is 13.2 Å². The molecular formula is C20H41BO4-. The molecule has 0 aromatic carbocycles. The van der Waals surface area contributed by atoms with E-state index in [4.69, 9.17) is 14.0 Å². The van der Waals surface area contributed by atoms with Gasteiger partial charge in [0, 0.05) is 13.2 Å². The highest BCUT2D eigenvalue weighted by molar-refractivity contribution is 6.39. The van der Waals surface area contributed by atoms with Crippen molar-refractivity contribution in [1.82, 2.24) is 0 Å². The van der Waals surface area contributed by atoms with Crippen LogP contribution in [-0.4, -0.2) is 26.5 Å². The van der Waals surface area contributed by atoms with Gasteiger partial charge in [-0.1, -0.05) is 79.1 Å². The number of rotatable bonds is 18. The first-order valence-corrected chi connectivity index (χ1v) is 10.6. The molecule has 5 heteroatoms. The van der Waals surface area contributed by atoms with Crippen LogP contribution >= 0.6 is 0 Å². The van der Waals surface area contributed by atoms with Crippen LogP contribution in [0.3, 0.4) is 0 Å². The molecule has 0 aliphatic heterocycles. The maximum absolute atomic E-state index is 12.4. The lowest BCUT2D eigenvalue weighted by Gasteiger charge is -2.32. The Morgan fingerprint density at radius 3 is 1.72 bits per heavy atom. The van der Waals surface area contributed by atoms with Gasteiger partial charge in [-0.25, -0.2) is 0 Å². The largest absolute Gasteiger partial charge is 0.663 e. The molecule has 4 nitrogen and oxygen atoms in total. The predicted octanol–water partition coefficient (Wildman–Crippen LogP) is 5.92. The van der Waals surface area contributed by atoms with Gasteiger partial charge in [-0.15, -0.1) is 0 Å². The smallest absolute Gasteiger partial charge is 0.377 e. The molecule has 0 spiro atoms. The third-order valence-corrected chi connectivity index (χ3v) is 4.45. The van der Waals surface area contributed by atoms with Crippen LogP contribution in [0.4, 0.5) is 0 Å². The van der Waals surface area contributed by atoms with Crippen LogP contribution in [0, 0.1) is 5.92 Å². The molecule has 149 valence electrons. The van der Waals surface area contributed by atoms with E-state index in [2.05, 4.69) is 20.8 Å². The van der Waals surface area contributed by atoms with Crippen molar-refractivity contribution >= 4 is 13.3 Å². The van der Waals surface area contributed by atoms with Gasteiger partial charge in [0.1, 0.15) is 0 Å². The molecule has 0 heterocycles.